The molecule has 2 amide bonds. The van der Waals surface area contributed by atoms with Crippen LogP contribution in [0.2, 0.25) is 0 Å². The van der Waals surface area contributed by atoms with Crippen LogP contribution in [0.15, 0.2) is 215 Å². The minimum Gasteiger partial charge on any atom is -0.504 e. The molecule has 3 N–H and O–H groups in total. The normalized spacial score (nSPS) is 15.8. The van der Waals surface area contributed by atoms with Crippen LogP contribution in [0.1, 0.15) is 74.2 Å². The Balaban J connectivity index is 0.980. The summed E-state index contributed by atoms with van der Waals surface area (Å²) < 4.78 is 13.7. The lowest BCUT2D eigenvalue weighted by Gasteiger charge is -2.49. The minimum absolute atomic E-state index is 0.00277. The number of hydrogen-bond donors (Lipinski definition) is 3. The Hall–Kier alpha value is -9.13. The number of rotatable bonds is 18. The third kappa shape index (κ3) is 11.9. The first-order chi connectivity index (χ1) is 39.0. The molecule has 3 aliphatic heterocycles. The molecule has 6 aromatic rings. The van der Waals surface area contributed by atoms with Gasteiger partial charge < -0.3 is 30.1 Å². The first kappa shape index (κ1) is 55.2. The predicted molar refractivity (Wildman–Crippen MR) is 311 cm³/mol. The molecule has 10 rings (SSSR count). The number of aromatic nitrogens is 3. The van der Waals surface area contributed by atoms with Gasteiger partial charge in [0.2, 0.25) is 11.0 Å². The van der Waals surface area contributed by atoms with Gasteiger partial charge in [-0.3, -0.25) is 24.0 Å². The van der Waals surface area contributed by atoms with Gasteiger partial charge in [-0.2, -0.15) is 5.10 Å². The fraction of sp³-hybridized carbons (Fsp3) is 0.206. The van der Waals surface area contributed by atoms with Gasteiger partial charge in [0, 0.05) is 28.5 Å². The monoisotopic (exact) mass is 1120 g/mol. The van der Waals surface area contributed by atoms with Crippen molar-refractivity contribution in [1.82, 2.24) is 25.0 Å². The second-order valence-electron chi connectivity index (χ2n) is 20.7. The minimum atomic E-state index is -1.68. The number of carbonyl (C=O) groups excluding carboxylic acids is 4. The number of carbonyl (C=O) groups is 4. The van der Waals surface area contributed by atoms with Crippen LogP contribution in [0.25, 0.3) is 11.1 Å². The number of fused-ring (bicyclic) bond motifs is 2. The highest BCUT2D eigenvalue weighted by Crippen LogP contribution is 2.43. The molecule has 1 aliphatic carbocycles. The summed E-state index contributed by atoms with van der Waals surface area (Å²) in [6.45, 7) is 8.34. The fourth-order valence-electron chi connectivity index (χ4n) is 9.46. The van der Waals surface area contributed by atoms with E-state index < -0.39 is 63.4 Å². The first-order valence-electron chi connectivity index (χ1n) is 26.0. The van der Waals surface area contributed by atoms with Gasteiger partial charge in [-0.25, -0.2) is 14.6 Å². The molecular formula is C63H57N7O9S2. The Labute approximate surface area is 476 Å². The Morgan fingerprint density at radius 1 is 0.790 bits per heavy atom. The Morgan fingerprint density at radius 3 is 1.93 bits per heavy atom. The maximum absolute atomic E-state index is 14.9. The number of anilines is 1. The number of phenols is 1. The summed E-state index contributed by atoms with van der Waals surface area (Å²) in [6, 6.07) is 49.9. The Morgan fingerprint density at radius 2 is 1.36 bits per heavy atom. The lowest BCUT2D eigenvalue weighted by atomic mass is 9.77. The van der Waals surface area contributed by atoms with E-state index in [0.717, 1.165) is 16.7 Å². The molecule has 16 nitrogen and oxygen atoms in total. The number of nitrogens with one attached hydrogen (secondary N) is 2. The number of β-lactam (4-membered cyclic amide) rings is 1. The van der Waals surface area contributed by atoms with Gasteiger partial charge in [-0.1, -0.05) is 169 Å². The highest BCUT2D eigenvalue weighted by molar-refractivity contribution is 8.00. The number of amides is 2. The van der Waals surface area contributed by atoms with Crippen LogP contribution in [0.5, 0.6) is 5.75 Å². The molecule has 2 atom stereocenters. The molecule has 5 aromatic carbocycles. The van der Waals surface area contributed by atoms with E-state index in [1.165, 1.54) is 60.2 Å². The van der Waals surface area contributed by atoms with E-state index in [9.17, 15) is 29.1 Å². The van der Waals surface area contributed by atoms with E-state index in [0.29, 0.717) is 33.0 Å². The molecule has 0 saturated carbocycles. The number of oxime groups is 1. The van der Waals surface area contributed by atoms with E-state index in [1.54, 1.807) is 49.2 Å². The highest BCUT2D eigenvalue weighted by Gasteiger charge is 2.55. The number of esters is 2. The van der Waals surface area contributed by atoms with Crippen molar-refractivity contribution in [2.75, 3.05) is 11.1 Å². The topological polar surface area (TPSA) is 204 Å². The van der Waals surface area contributed by atoms with E-state index in [2.05, 4.69) is 20.9 Å². The van der Waals surface area contributed by atoms with Gasteiger partial charge in [-0.05, 0) is 80.1 Å². The van der Waals surface area contributed by atoms with E-state index in [4.69, 9.17) is 19.3 Å². The van der Waals surface area contributed by atoms with Gasteiger partial charge in [0.15, 0.2) is 22.7 Å². The second-order valence-corrected chi connectivity index (χ2v) is 22.7. The molecule has 1 saturated heterocycles. The van der Waals surface area contributed by atoms with Crippen molar-refractivity contribution in [3.8, 4) is 16.9 Å². The zero-order valence-electron chi connectivity index (χ0n) is 44.9. The molecule has 1 aromatic heterocycles. The summed E-state index contributed by atoms with van der Waals surface area (Å²) in [5, 5.41) is 26.7. The van der Waals surface area contributed by atoms with Crippen LogP contribution < -0.4 is 16.1 Å². The van der Waals surface area contributed by atoms with Gasteiger partial charge in [0.05, 0.1) is 12.7 Å². The lowest BCUT2D eigenvalue weighted by Crippen LogP contribution is -2.71. The average Bonchev–Trinajstić information content (AvgIpc) is 4.00. The van der Waals surface area contributed by atoms with Gasteiger partial charge >= 0.3 is 11.9 Å². The van der Waals surface area contributed by atoms with E-state index >= 15 is 0 Å². The van der Waals surface area contributed by atoms with Crippen LogP contribution in [0.4, 0.5) is 5.13 Å². The average molecular weight is 1120 g/mol. The van der Waals surface area contributed by atoms with Crippen molar-refractivity contribution in [1.29, 1.82) is 0 Å². The molecule has 0 radical (unpaired) electrons. The number of allylic oxidation sites excluding steroid dienone is 2. The summed E-state index contributed by atoms with van der Waals surface area (Å²) in [5.74, 6) is -3.08. The van der Waals surface area contributed by atoms with Gasteiger partial charge in [0.1, 0.15) is 33.9 Å². The van der Waals surface area contributed by atoms with Gasteiger partial charge in [0.25, 0.3) is 11.8 Å². The van der Waals surface area contributed by atoms with Crippen molar-refractivity contribution in [3.05, 3.63) is 249 Å². The number of ether oxygens (including phenoxy) is 2. The van der Waals surface area contributed by atoms with Crippen molar-refractivity contribution < 1.29 is 38.6 Å². The van der Waals surface area contributed by atoms with Crippen molar-refractivity contribution in [3.63, 3.8) is 0 Å². The third-order valence-electron chi connectivity index (χ3n) is 13.4. The SMILES string of the molecule is CC(C)(C)OC(=O)C(C)(C)O/N=C(\C(=O)NC1C(=O)N2C(C(=O)OC(c3ccccc3)c3ccccc3)=C(/C=C/Cn3cc4cc(O)c(=O)cc-4cn3)CS[C@@H]12)c1csc(NC(c2ccccc2)(c2ccccc2)c2ccccc2)n1. The summed E-state index contributed by atoms with van der Waals surface area (Å²) in [4.78, 5) is 82.4. The number of thiazole rings is 1. The van der Waals surface area contributed by atoms with Crippen LogP contribution in [0, 0.1) is 0 Å². The quantitative estimate of drug-likeness (QED) is 0.0241. The van der Waals surface area contributed by atoms with E-state index in [-0.39, 0.29) is 35.1 Å². The fourth-order valence-corrected chi connectivity index (χ4v) is 11.5. The van der Waals surface area contributed by atoms with Crippen LogP contribution >= 0.6 is 23.1 Å². The molecule has 4 heterocycles. The smallest absolute Gasteiger partial charge is 0.356 e. The molecule has 18 heteroatoms. The summed E-state index contributed by atoms with van der Waals surface area (Å²) in [5.41, 5.74) is 1.52. The molecule has 1 fully saturated rings. The number of benzene rings is 6. The first-order valence-corrected chi connectivity index (χ1v) is 28.0. The highest BCUT2D eigenvalue weighted by atomic mass is 32.2. The molecule has 1 unspecified atom stereocenters. The van der Waals surface area contributed by atoms with Crippen LogP contribution in [-0.4, -0.2) is 82.6 Å². The Bertz CT molecular complexity index is 3580. The number of nitrogens with zero attached hydrogens (tertiary/aromatic N) is 5. The largest absolute Gasteiger partial charge is 0.504 e. The second kappa shape index (κ2) is 23.3. The summed E-state index contributed by atoms with van der Waals surface area (Å²) >= 11 is 2.56. The lowest BCUT2D eigenvalue weighted by molar-refractivity contribution is -0.179. The number of hydrogen-bond acceptors (Lipinski definition) is 15. The third-order valence-corrected chi connectivity index (χ3v) is 15.5. The molecule has 0 bridgehead atoms. The summed E-state index contributed by atoms with van der Waals surface area (Å²) in [6.07, 6.45) is 5.88. The maximum atomic E-state index is 14.9. The zero-order valence-corrected chi connectivity index (χ0v) is 46.5. The number of thioether (sulfide) groups is 1. The molecule has 0 spiro atoms. The zero-order chi connectivity index (χ0) is 56.9. The number of phenolic OH excluding ortho intramolecular Hbond substituents is 1. The molecule has 81 heavy (non-hydrogen) atoms. The summed E-state index contributed by atoms with van der Waals surface area (Å²) in [7, 11) is 0. The molecule has 4 aliphatic rings. The Kier molecular flexibility index (Phi) is 15.9. The van der Waals surface area contributed by atoms with Gasteiger partial charge in [-0.15, -0.1) is 23.1 Å². The maximum Gasteiger partial charge on any atom is 0.356 e. The molecule has 410 valence electrons. The van der Waals surface area contributed by atoms with E-state index in [1.807, 2.05) is 152 Å². The van der Waals surface area contributed by atoms with Crippen molar-refractivity contribution in [2.24, 2.45) is 5.16 Å². The van der Waals surface area contributed by atoms with Crippen LogP contribution in [-0.2, 0) is 45.6 Å². The number of aromatic hydroxyl groups is 1. The van der Waals surface area contributed by atoms with Crippen LogP contribution in [0.3, 0.4) is 0 Å². The van der Waals surface area contributed by atoms with Crippen molar-refractivity contribution in [2.45, 2.75) is 75.4 Å². The molecular weight excluding hydrogens is 1060 g/mol. The predicted octanol–water partition coefficient (Wildman–Crippen LogP) is 10.00. The standard InChI is InChI=1S/C63H57N7O9S2/c1-61(2,3)78-59(76)62(4,5)79-68-51(48-39-81-60(65-48)67-63(45-27-15-8-16-28-45,46-29-17-9-18-30-46)47-31-19-10-20-32-47)55(73)66-52-56(74)70-53(58(75)77-54(40-22-11-6-12-23-40)41-24-13-7-14-25-41)42(38-80-57(52)70)26-21-33-69-37-44-35-50(72)49(71)34-43(44)36-64-69/h6-32,34-37,39,52,54,57,72H,33,38H2,1-5H3,(H,65,67)(H,66,73)/b26-21+,68-51-/t52?,57-/m0/s1. The van der Waals surface area contributed by atoms with Crippen molar-refractivity contribution >= 4 is 57.7 Å².